The molecular weight excluding hydrogens is 423 g/mol. The molecule has 5 rings (SSSR count). The molecule has 3 unspecified atom stereocenters. The molecule has 0 spiro atoms. The predicted octanol–water partition coefficient (Wildman–Crippen LogP) is 3.94. The molecule has 2 aliphatic rings. The highest BCUT2D eigenvalue weighted by atomic mass is 19.1. The number of ether oxygens (including phenoxy) is 1. The molecule has 3 N–H and O–H groups in total. The largest absolute Gasteiger partial charge is 0.490 e. The number of nitrogens with zero attached hydrogens (tertiary/aromatic N) is 2. The first-order chi connectivity index (χ1) is 15.9. The molecule has 2 fully saturated rings. The van der Waals surface area contributed by atoms with Crippen molar-refractivity contribution in [2.45, 2.75) is 32.3 Å². The van der Waals surface area contributed by atoms with E-state index in [1.807, 2.05) is 6.92 Å². The van der Waals surface area contributed by atoms with Crippen LogP contribution in [0.3, 0.4) is 0 Å². The minimum Gasteiger partial charge on any atom is -0.490 e. The van der Waals surface area contributed by atoms with Crippen molar-refractivity contribution >= 4 is 28.5 Å². The highest BCUT2D eigenvalue weighted by Gasteiger charge is 2.60. The van der Waals surface area contributed by atoms with E-state index in [0.717, 1.165) is 19.3 Å². The average Bonchev–Trinajstić information content (AvgIpc) is 3.27. The first-order valence-corrected chi connectivity index (χ1v) is 11.2. The first-order valence-electron chi connectivity index (χ1n) is 11.2. The number of carbonyl (C=O) groups excluding carboxylic acids is 2. The van der Waals surface area contributed by atoms with Crippen molar-refractivity contribution in [3.63, 3.8) is 0 Å². The summed E-state index contributed by atoms with van der Waals surface area (Å²) < 4.78 is 20.0. The Morgan fingerprint density at radius 1 is 1.18 bits per heavy atom. The molecular formula is C25H25FN4O3. The molecule has 8 heteroatoms. The average molecular weight is 448 g/mol. The minimum absolute atomic E-state index is 0.0497. The topological polar surface area (TPSA) is 107 Å². The quantitative estimate of drug-likeness (QED) is 0.569. The number of halogens is 1. The third kappa shape index (κ3) is 4.13. The first kappa shape index (κ1) is 21.3. The smallest absolute Gasteiger partial charge is 0.250 e. The van der Waals surface area contributed by atoms with Crippen molar-refractivity contribution in [1.82, 2.24) is 9.97 Å². The third-order valence-electron chi connectivity index (χ3n) is 6.97. The van der Waals surface area contributed by atoms with Crippen LogP contribution in [0.15, 0.2) is 48.8 Å². The number of aromatic nitrogens is 2. The Hall–Kier alpha value is -3.55. The lowest BCUT2D eigenvalue weighted by Crippen LogP contribution is -2.27. The molecule has 2 saturated carbocycles. The van der Waals surface area contributed by atoms with Crippen LogP contribution in [0.4, 0.5) is 10.2 Å². The van der Waals surface area contributed by atoms with Crippen molar-refractivity contribution in [3.05, 3.63) is 60.2 Å². The van der Waals surface area contributed by atoms with Gasteiger partial charge in [-0.15, -0.1) is 0 Å². The van der Waals surface area contributed by atoms with Gasteiger partial charge in [-0.25, -0.2) is 9.37 Å². The van der Waals surface area contributed by atoms with Crippen molar-refractivity contribution < 1.29 is 18.7 Å². The zero-order chi connectivity index (χ0) is 23.1. The zero-order valence-electron chi connectivity index (χ0n) is 18.2. The van der Waals surface area contributed by atoms with Gasteiger partial charge >= 0.3 is 0 Å². The summed E-state index contributed by atoms with van der Waals surface area (Å²) in [5, 5.41) is 3.55. The molecule has 2 amide bonds. The van der Waals surface area contributed by atoms with Crippen LogP contribution >= 0.6 is 0 Å². The van der Waals surface area contributed by atoms with Gasteiger partial charge in [0.2, 0.25) is 11.8 Å². The van der Waals surface area contributed by atoms with Crippen LogP contribution in [-0.4, -0.2) is 27.9 Å². The number of nitrogens with two attached hydrogens (primary N) is 1. The van der Waals surface area contributed by atoms with Crippen molar-refractivity contribution in [2.24, 2.45) is 29.4 Å². The standard InChI is InChI=1S/C25H25FN4O3/c1-2-16(25(32)30-22-6-3-13(12-29-22)24(27)31)23-17-10-15(11-18(17)23)33-21-7-8-28-20-5-4-14(26)9-19(20)21/h3-9,12,15-18,23H,2,10-11H2,1H3,(H2,27,31)(H,29,30,32)/t15?,16?,17-,18+,23?. The summed E-state index contributed by atoms with van der Waals surface area (Å²) in [6, 6.07) is 9.42. The van der Waals surface area contributed by atoms with Crippen LogP contribution in [0.2, 0.25) is 0 Å². The molecule has 2 aromatic heterocycles. The Morgan fingerprint density at radius 2 is 1.97 bits per heavy atom. The number of fused-ring (bicyclic) bond motifs is 2. The van der Waals surface area contributed by atoms with Crippen LogP contribution in [0.5, 0.6) is 5.75 Å². The Labute approximate surface area is 190 Å². The van der Waals surface area contributed by atoms with Gasteiger partial charge in [-0.1, -0.05) is 6.92 Å². The maximum Gasteiger partial charge on any atom is 0.250 e. The van der Waals surface area contributed by atoms with Crippen LogP contribution < -0.4 is 15.8 Å². The third-order valence-corrected chi connectivity index (χ3v) is 6.97. The van der Waals surface area contributed by atoms with Crippen molar-refractivity contribution in [3.8, 4) is 5.75 Å². The summed E-state index contributed by atoms with van der Waals surface area (Å²) >= 11 is 0. The van der Waals surface area contributed by atoms with E-state index in [2.05, 4.69) is 15.3 Å². The van der Waals surface area contributed by atoms with E-state index in [0.29, 0.717) is 45.8 Å². The molecule has 0 aliphatic heterocycles. The molecule has 2 heterocycles. The van der Waals surface area contributed by atoms with Gasteiger partial charge in [0.15, 0.2) is 0 Å². The number of carbonyl (C=O) groups is 2. The second-order valence-corrected chi connectivity index (χ2v) is 8.89. The minimum atomic E-state index is -0.556. The number of hydrogen-bond donors (Lipinski definition) is 2. The van der Waals surface area contributed by atoms with Gasteiger partial charge < -0.3 is 15.8 Å². The summed E-state index contributed by atoms with van der Waals surface area (Å²) in [5.74, 6) is 1.25. The number of amides is 2. The molecule has 1 aromatic carbocycles. The van der Waals surface area contributed by atoms with Gasteiger partial charge in [0.1, 0.15) is 17.4 Å². The van der Waals surface area contributed by atoms with E-state index in [1.54, 1.807) is 30.5 Å². The molecule has 5 atom stereocenters. The molecule has 0 radical (unpaired) electrons. The summed E-state index contributed by atoms with van der Waals surface area (Å²) in [4.78, 5) is 32.5. The van der Waals surface area contributed by atoms with Gasteiger partial charge in [0.05, 0.1) is 17.2 Å². The van der Waals surface area contributed by atoms with E-state index in [4.69, 9.17) is 10.5 Å². The number of pyridine rings is 2. The maximum absolute atomic E-state index is 13.7. The number of hydrogen-bond acceptors (Lipinski definition) is 5. The number of benzene rings is 1. The molecule has 0 saturated heterocycles. The van der Waals surface area contributed by atoms with E-state index in [9.17, 15) is 14.0 Å². The fourth-order valence-electron chi connectivity index (χ4n) is 5.38. The van der Waals surface area contributed by atoms with Gasteiger partial charge in [-0.05, 0) is 73.4 Å². The fourth-order valence-corrected chi connectivity index (χ4v) is 5.38. The summed E-state index contributed by atoms with van der Waals surface area (Å²) in [5.41, 5.74) is 6.23. The SMILES string of the molecule is CCC(C(=O)Nc1ccc(C(N)=O)cn1)C1[C@H]2CC(Oc3ccnc4ccc(F)cc34)C[C@@H]12. The Morgan fingerprint density at radius 3 is 2.64 bits per heavy atom. The van der Waals surface area contributed by atoms with E-state index >= 15 is 0 Å². The summed E-state index contributed by atoms with van der Waals surface area (Å²) in [7, 11) is 0. The summed E-state index contributed by atoms with van der Waals surface area (Å²) in [6.07, 6.45) is 5.58. The van der Waals surface area contributed by atoms with Gasteiger partial charge in [0.25, 0.3) is 0 Å². The van der Waals surface area contributed by atoms with Gasteiger partial charge in [0, 0.05) is 23.7 Å². The highest BCUT2D eigenvalue weighted by molar-refractivity contribution is 5.94. The lowest BCUT2D eigenvalue weighted by atomic mass is 9.93. The highest BCUT2D eigenvalue weighted by Crippen LogP contribution is 2.62. The van der Waals surface area contributed by atoms with Crippen LogP contribution in [0, 0.1) is 29.5 Å². The number of rotatable bonds is 7. The van der Waals surface area contributed by atoms with Crippen LogP contribution in [0.25, 0.3) is 10.9 Å². The summed E-state index contributed by atoms with van der Waals surface area (Å²) in [6.45, 7) is 2.02. The number of primary amides is 1. The van der Waals surface area contributed by atoms with Crippen LogP contribution in [-0.2, 0) is 4.79 Å². The Balaban J connectivity index is 1.20. The molecule has 7 nitrogen and oxygen atoms in total. The second kappa shape index (κ2) is 8.42. The molecule has 170 valence electrons. The lowest BCUT2D eigenvalue weighted by Gasteiger charge is -2.21. The predicted molar refractivity (Wildman–Crippen MR) is 121 cm³/mol. The van der Waals surface area contributed by atoms with Gasteiger partial charge in [-0.3, -0.25) is 14.6 Å². The Bertz CT molecular complexity index is 1200. The normalized spacial score (nSPS) is 24.2. The van der Waals surface area contributed by atoms with E-state index in [-0.39, 0.29) is 23.7 Å². The number of nitrogens with one attached hydrogen (secondary N) is 1. The van der Waals surface area contributed by atoms with Gasteiger partial charge in [-0.2, -0.15) is 0 Å². The molecule has 3 aromatic rings. The molecule has 33 heavy (non-hydrogen) atoms. The van der Waals surface area contributed by atoms with E-state index < -0.39 is 5.91 Å². The molecule has 0 bridgehead atoms. The van der Waals surface area contributed by atoms with Crippen molar-refractivity contribution in [1.29, 1.82) is 0 Å². The zero-order valence-corrected chi connectivity index (χ0v) is 18.2. The van der Waals surface area contributed by atoms with E-state index in [1.165, 1.54) is 18.3 Å². The Kier molecular flexibility index (Phi) is 5.44. The fraction of sp³-hybridized carbons (Fsp3) is 0.360. The lowest BCUT2D eigenvalue weighted by molar-refractivity contribution is -0.121. The number of anilines is 1. The second-order valence-electron chi connectivity index (χ2n) is 8.89. The monoisotopic (exact) mass is 448 g/mol. The molecule has 2 aliphatic carbocycles. The maximum atomic E-state index is 13.7. The van der Waals surface area contributed by atoms with Crippen LogP contribution in [0.1, 0.15) is 36.5 Å². The van der Waals surface area contributed by atoms with Crippen molar-refractivity contribution in [2.75, 3.05) is 5.32 Å².